The van der Waals surface area contributed by atoms with Gasteiger partial charge in [-0.25, -0.2) is 0 Å². The lowest BCUT2D eigenvalue weighted by molar-refractivity contribution is -0.119. The Balaban J connectivity index is 2.42. The van der Waals surface area contributed by atoms with Crippen LogP contribution in [0, 0.1) is 5.92 Å². The van der Waals surface area contributed by atoms with Gasteiger partial charge in [0.2, 0.25) is 11.0 Å². The molecule has 17 heavy (non-hydrogen) atoms. The second-order valence-corrected chi connectivity index (χ2v) is 5.83. The minimum Gasteiger partial charge on any atom is -0.384 e. The molecule has 1 rings (SSSR count). The van der Waals surface area contributed by atoms with E-state index in [1.807, 2.05) is 13.8 Å². The van der Waals surface area contributed by atoms with Crippen molar-refractivity contribution in [1.29, 1.82) is 0 Å². The Bertz CT molecular complexity index is 357. The molecule has 0 fully saturated rings. The van der Waals surface area contributed by atoms with Gasteiger partial charge < -0.3 is 10.1 Å². The number of amides is 1. The maximum atomic E-state index is 11.6. The number of thioether (sulfide) groups is 1. The van der Waals surface area contributed by atoms with Crippen LogP contribution in [0.2, 0.25) is 0 Å². The average Bonchev–Trinajstić information content (AvgIpc) is 2.76. The predicted molar refractivity (Wildman–Crippen MR) is 70.6 cm³/mol. The highest BCUT2D eigenvalue weighted by Gasteiger charge is 2.13. The highest BCUT2D eigenvalue weighted by Crippen LogP contribution is 2.25. The molecule has 5 nitrogen and oxygen atoms in total. The number of carbonyl (C=O) groups is 1. The Hall–Kier alpha value is -0.660. The molecule has 1 atom stereocenters. The van der Waals surface area contributed by atoms with E-state index < -0.39 is 0 Å². The SMILES string of the molecule is CCC(C)C(=O)Nc1nnc(SCCOC)s1. The smallest absolute Gasteiger partial charge is 0.229 e. The van der Waals surface area contributed by atoms with Crippen LogP contribution < -0.4 is 5.32 Å². The van der Waals surface area contributed by atoms with Crippen LogP contribution in [0.1, 0.15) is 20.3 Å². The van der Waals surface area contributed by atoms with E-state index in [4.69, 9.17) is 4.74 Å². The van der Waals surface area contributed by atoms with Crippen molar-refractivity contribution in [2.75, 3.05) is 24.8 Å². The van der Waals surface area contributed by atoms with E-state index in [1.165, 1.54) is 11.3 Å². The lowest BCUT2D eigenvalue weighted by Gasteiger charge is -2.05. The number of methoxy groups -OCH3 is 1. The van der Waals surface area contributed by atoms with Crippen LogP contribution in [0.3, 0.4) is 0 Å². The fourth-order valence-electron chi connectivity index (χ4n) is 0.945. The largest absolute Gasteiger partial charge is 0.384 e. The van der Waals surface area contributed by atoms with Gasteiger partial charge in [0.1, 0.15) is 0 Å². The van der Waals surface area contributed by atoms with Crippen molar-refractivity contribution in [3.8, 4) is 0 Å². The molecule has 0 aromatic carbocycles. The van der Waals surface area contributed by atoms with Crippen molar-refractivity contribution in [1.82, 2.24) is 10.2 Å². The maximum Gasteiger partial charge on any atom is 0.229 e. The molecule has 0 radical (unpaired) electrons. The van der Waals surface area contributed by atoms with Crippen LogP contribution in [0.25, 0.3) is 0 Å². The second kappa shape index (κ2) is 7.62. The first kappa shape index (κ1) is 14.4. The molecule has 7 heteroatoms. The Kier molecular flexibility index (Phi) is 6.46. The first-order valence-corrected chi connectivity index (χ1v) is 7.23. The van der Waals surface area contributed by atoms with E-state index >= 15 is 0 Å². The third kappa shape index (κ3) is 5.01. The van der Waals surface area contributed by atoms with Gasteiger partial charge in [-0.1, -0.05) is 36.9 Å². The molecule has 96 valence electrons. The Morgan fingerprint density at radius 3 is 3.00 bits per heavy atom. The number of aromatic nitrogens is 2. The third-order valence-corrected chi connectivity index (χ3v) is 4.15. The summed E-state index contributed by atoms with van der Waals surface area (Å²) in [6, 6.07) is 0. The fourth-order valence-corrected chi connectivity index (χ4v) is 2.67. The molecule has 0 aliphatic heterocycles. The van der Waals surface area contributed by atoms with Crippen LogP contribution in [-0.2, 0) is 9.53 Å². The molecule has 1 amide bonds. The molecule has 0 saturated heterocycles. The standard InChI is InChI=1S/C10H17N3O2S2/c1-4-7(2)8(14)11-9-12-13-10(17-9)16-6-5-15-3/h7H,4-6H2,1-3H3,(H,11,12,14). The maximum absolute atomic E-state index is 11.6. The number of hydrogen-bond acceptors (Lipinski definition) is 6. The zero-order chi connectivity index (χ0) is 12.7. The van der Waals surface area contributed by atoms with Gasteiger partial charge in [-0.2, -0.15) is 0 Å². The lowest BCUT2D eigenvalue weighted by atomic mass is 10.1. The van der Waals surface area contributed by atoms with Crippen LogP contribution >= 0.6 is 23.1 Å². The van der Waals surface area contributed by atoms with Crippen LogP contribution in [0.15, 0.2) is 4.34 Å². The van der Waals surface area contributed by atoms with Crippen molar-refractivity contribution in [2.45, 2.75) is 24.6 Å². The minimum atomic E-state index is -0.00269. The summed E-state index contributed by atoms with van der Waals surface area (Å²) in [4.78, 5) is 11.6. The van der Waals surface area contributed by atoms with E-state index in [9.17, 15) is 4.79 Å². The van der Waals surface area contributed by atoms with E-state index in [0.717, 1.165) is 16.5 Å². The van der Waals surface area contributed by atoms with Crippen molar-refractivity contribution in [2.24, 2.45) is 5.92 Å². The lowest BCUT2D eigenvalue weighted by Crippen LogP contribution is -2.19. The van der Waals surface area contributed by atoms with Gasteiger partial charge in [0.05, 0.1) is 6.61 Å². The first-order valence-electron chi connectivity index (χ1n) is 5.43. The number of nitrogens with zero attached hydrogens (tertiary/aromatic N) is 2. The van der Waals surface area contributed by atoms with Crippen molar-refractivity contribution < 1.29 is 9.53 Å². The van der Waals surface area contributed by atoms with Crippen molar-refractivity contribution in [3.63, 3.8) is 0 Å². The third-order valence-electron chi connectivity index (χ3n) is 2.21. The van der Waals surface area contributed by atoms with Gasteiger partial charge in [0.15, 0.2) is 4.34 Å². The zero-order valence-electron chi connectivity index (χ0n) is 10.2. The van der Waals surface area contributed by atoms with Crippen molar-refractivity contribution >= 4 is 34.1 Å². The molecule has 1 aromatic rings. The Labute approximate surface area is 109 Å². The molecule has 1 N–H and O–H groups in total. The second-order valence-electron chi connectivity index (χ2n) is 3.51. The van der Waals surface area contributed by atoms with Gasteiger partial charge in [0, 0.05) is 18.8 Å². The van der Waals surface area contributed by atoms with E-state index in [-0.39, 0.29) is 11.8 Å². The normalized spacial score (nSPS) is 12.4. The van der Waals surface area contributed by atoms with Crippen LogP contribution in [0.4, 0.5) is 5.13 Å². The van der Waals surface area contributed by atoms with Gasteiger partial charge in [-0.15, -0.1) is 10.2 Å². The summed E-state index contributed by atoms with van der Waals surface area (Å²) in [5.41, 5.74) is 0. The average molecular weight is 275 g/mol. The Morgan fingerprint density at radius 2 is 2.35 bits per heavy atom. The monoisotopic (exact) mass is 275 g/mol. The zero-order valence-corrected chi connectivity index (χ0v) is 11.9. The number of hydrogen-bond donors (Lipinski definition) is 1. The van der Waals surface area contributed by atoms with E-state index in [1.54, 1.807) is 18.9 Å². The van der Waals surface area contributed by atoms with E-state index in [0.29, 0.717) is 11.7 Å². The molecule has 1 heterocycles. The fraction of sp³-hybridized carbons (Fsp3) is 0.700. The molecule has 1 unspecified atom stereocenters. The molecular formula is C10H17N3O2S2. The summed E-state index contributed by atoms with van der Waals surface area (Å²) in [6.07, 6.45) is 0.820. The number of rotatable bonds is 7. The van der Waals surface area contributed by atoms with E-state index in [2.05, 4.69) is 15.5 Å². The molecule has 1 aromatic heterocycles. The summed E-state index contributed by atoms with van der Waals surface area (Å²) in [5, 5.41) is 11.2. The Morgan fingerprint density at radius 1 is 1.59 bits per heavy atom. The molecule has 0 spiro atoms. The number of ether oxygens (including phenoxy) is 1. The summed E-state index contributed by atoms with van der Waals surface area (Å²) < 4.78 is 5.80. The minimum absolute atomic E-state index is 0.00269. The van der Waals surface area contributed by atoms with Gasteiger partial charge in [0.25, 0.3) is 0 Å². The topological polar surface area (TPSA) is 64.1 Å². The van der Waals surface area contributed by atoms with Crippen LogP contribution in [0.5, 0.6) is 0 Å². The molecule has 0 aliphatic carbocycles. The summed E-state index contributed by atoms with van der Waals surface area (Å²) in [5.74, 6) is 0.838. The number of anilines is 1. The first-order chi connectivity index (χ1) is 8.17. The van der Waals surface area contributed by atoms with Crippen LogP contribution in [-0.4, -0.2) is 35.6 Å². The van der Waals surface area contributed by atoms with Gasteiger partial charge >= 0.3 is 0 Å². The summed E-state index contributed by atoms with van der Waals surface area (Å²) in [6.45, 7) is 4.56. The molecular weight excluding hydrogens is 258 g/mol. The molecule has 0 saturated carbocycles. The predicted octanol–water partition coefficient (Wildman–Crippen LogP) is 2.26. The molecule has 0 aliphatic rings. The quantitative estimate of drug-likeness (QED) is 0.470. The number of carbonyl (C=O) groups excluding carboxylic acids is 1. The summed E-state index contributed by atoms with van der Waals surface area (Å²) >= 11 is 2.97. The summed E-state index contributed by atoms with van der Waals surface area (Å²) in [7, 11) is 1.67. The number of nitrogens with one attached hydrogen (secondary N) is 1. The van der Waals surface area contributed by atoms with Gasteiger partial charge in [-0.05, 0) is 6.42 Å². The van der Waals surface area contributed by atoms with Gasteiger partial charge in [-0.3, -0.25) is 4.79 Å². The highest BCUT2D eigenvalue weighted by molar-refractivity contribution is 8.01. The van der Waals surface area contributed by atoms with Crippen molar-refractivity contribution in [3.05, 3.63) is 0 Å². The molecule has 0 bridgehead atoms. The highest BCUT2D eigenvalue weighted by atomic mass is 32.2.